The standard InChI is InChI=1S/C14H17BrN2O3/c1-10(18)2-7-13(19)16-8-9-17-14(20)11-3-5-12(15)6-4-11/h3-6H,2,7-9H2,1H3,(H,16,19)(H,17,20). The van der Waals surface area contributed by atoms with Crippen molar-refractivity contribution in [2.75, 3.05) is 13.1 Å². The second-order valence-corrected chi connectivity index (χ2v) is 5.23. The van der Waals surface area contributed by atoms with Gasteiger partial charge in [0.25, 0.3) is 5.91 Å². The van der Waals surface area contributed by atoms with Crippen molar-refractivity contribution in [2.24, 2.45) is 0 Å². The lowest BCUT2D eigenvalue weighted by atomic mass is 10.2. The Bertz CT molecular complexity index is 486. The maximum atomic E-state index is 11.7. The topological polar surface area (TPSA) is 75.3 Å². The molecule has 0 bridgehead atoms. The fourth-order valence-electron chi connectivity index (χ4n) is 1.46. The van der Waals surface area contributed by atoms with E-state index in [0.29, 0.717) is 18.7 Å². The molecule has 0 aliphatic carbocycles. The minimum absolute atomic E-state index is 0.0105. The van der Waals surface area contributed by atoms with Crippen LogP contribution >= 0.6 is 15.9 Å². The van der Waals surface area contributed by atoms with Crippen LogP contribution in [0.25, 0.3) is 0 Å². The van der Waals surface area contributed by atoms with Crippen molar-refractivity contribution < 1.29 is 14.4 Å². The molecule has 0 aliphatic rings. The van der Waals surface area contributed by atoms with Crippen LogP contribution in [-0.2, 0) is 9.59 Å². The normalized spacial score (nSPS) is 9.90. The van der Waals surface area contributed by atoms with Crippen LogP contribution in [0.4, 0.5) is 0 Å². The van der Waals surface area contributed by atoms with Gasteiger partial charge in [0.15, 0.2) is 0 Å². The maximum Gasteiger partial charge on any atom is 0.251 e. The SMILES string of the molecule is CC(=O)CCC(=O)NCCNC(=O)c1ccc(Br)cc1. The minimum atomic E-state index is -0.185. The van der Waals surface area contributed by atoms with Crippen molar-refractivity contribution in [1.29, 1.82) is 0 Å². The van der Waals surface area contributed by atoms with Gasteiger partial charge in [-0.2, -0.15) is 0 Å². The minimum Gasteiger partial charge on any atom is -0.354 e. The first-order valence-electron chi connectivity index (χ1n) is 6.29. The Kier molecular flexibility index (Phi) is 6.93. The van der Waals surface area contributed by atoms with E-state index in [2.05, 4.69) is 26.6 Å². The molecule has 2 N–H and O–H groups in total. The number of carbonyl (C=O) groups is 3. The van der Waals surface area contributed by atoms with E-state index in [1.807, 2.05) is 0 Å². The predicted molar refractivity (Wildman–Crippen MR) is 79.4 cm³/mol. The van der Waals surface area contributed by atoms with E-state index < -0.39 is 0 Å². The van der Waals surface area contributed by atoms with Gasteiger partial charge in [0.05, 0.1) is 0 Å². The molecule has 5 nitrogen and oxygen atoms in total. The molecular weight excluding hydrogens is 324 g/mol. The van der Waals surface area contributed by atoms with E-state index in [-0.39, 0.29) is 30.4 Å². The zero-order valence-corrected chi connectivity index (χ0v) is 12.8. The summed E-state index contributed by atoms with van der Waals surface area (Å²) in [5, 5.41) is 5.34. The summed E-state index contributed by atoms with van der Waals surface area (Å²) >= 11 is 3.30. The predicted octanol–water partition coefficient (Wildman–Crippen LogP) is 1.66. The zero-order chi connectivity index (χ0) is 15.0. The average Bonchev–Trinajstić information content (AvgIpc) is 2.42. The van der Waals surface area contributed by atoms with Crippen LogP contribution in [0.3, 0.4) is 0 Å². The second-order valence-electron chi connectivity index (χ2n) is 4.31. The highest BCUT2D eigenvalue weighted by atomic mass is 79.9. The highest BCUT2D eigenvalue weighted by molar-refractivity contribution is 9.10. The Morgan fingerprint density at radius 2 is 1.60 bits per heavy atom. The summed E-state index contributed by atoms with van der Waals surface area (Å²) in [6.07, 6.45) is 0.438. The number of amides is 2. The number of nitrogens with one attached hydrogen (secondary N) is 2. The van der Waals surface area contributed by atoms with Crippen LogP contribution < -0.4 is 10.6 Å². The first-order chi connectivity index (χ1) is 9.49. The smallest absolute Gasteiger partial charge is 0.251 e. The van der Waals surface area contributed by atoms with Crippen LogP contribution in [0.15, 0.2) is 28.7 Å². The molecule has 0 spiro atoms. The molecule has 6 heteroatoms. The number of rotatable bonds is 7. The van der Waals surface area contributed by atoms with Gasteiger partial charge < -0.3 is 15.4 Å². The summed E-state index contributed by atoms with van der Waals surface area (Å²) < 4.78 is 0.909. The van der Waals surface area contributed by atoms with E-state index in [9.17, 15) is 14.4 Å². The fourth-order valence-corrected chi connectivity index (χ4v) is 1.72. The third kappa shape index (κ3) is 6.47. The lowest BCUT2D eigenvalue weighted by Crippen LogP contribution is -2.34. The van der Waals surface area contributed by atoms with Gasteiger partial charge in [-0.05, 0) is 31.2 Å². The summed E-state index contributed by atoms with van der Waals surface area (Å²) in [5.74, 6) is -0.378. The molecule has 0 aliphatic heterocycles. The van der Waals surface area contributed by atoms with E-state index in [1.54, 1.807) is 24.3 Å². The van der Waals surface area contributed by atoms with Crippen LogP contribution in [-0.4, -0.2) is 30.7 Å². The van der Waals surface area contributed by atoms with Crippen LogP contribution in [0.5, 0.6) is 0 Å². The molecule has 1 aromatic carbocycles. The summed E-state index contributed by atoms with van der Waals surface area (Å²) in [5.41, 5.74) is 0.566. The van der Waals surface area contributed by atoms with Gasteiger partial charge in [-0.15, -0.1) is 0 Å². The Labute approximate surface area is 126 Å². The van der Waals surface area contributed by atoms with E-state index in [1.165, 1.54) is 6.92 Å². The molecule has 0 heterocycles. The highest BCUT2D eigenvalue weighted by Gasteiger charge is 2.05. The van der Waals surface area contributed by atoms with Gasteiger partial charge >= 0.3 is 0 Å². The molecule has 20 heavy (non-hydrogen) atoms. The van der Waals surface area contributed by atoms with Crippen molar-refractivity contribution in [3.8, 4) is 0 Å². The number of Topliss-reactive ketones (excluding diaryl/α,β-unsaturated/α-hetero) is 1. The monoisotopic (exact) mass is 340 g/mol. The highest BCUT2D eigenvalue weighted by Crippen LogP contribution is 2.10. The van der Waals surface area contributed by atoms with Crippen LogP contribution in [0.1, 0.15) is 30.1 Å². The molecule has 1 rings (SSSR count). The lowest BCUT2D eigenvalue weighted by Gasteiger charge is -2.07. The first kappa shape index (κ1) is 16.4. The summed E-state index contributed by atoms with van der Waals surface area (Å²) in [4.78, 5) is 33.8. The molecule has 2 amide bonds. The molecular formula is C14H17BrN2O3. The molecule has 0 radical (unpaired) electrons. The van der Waals surface area contributed by atoms with Crippen molar-refractivity contribution in [3.63, 3.8) is 0 Å². The summed E-state index contributed by atoms with van der Waals surface area (Å²) in [6.45, 7) is 2.14. The van der Waals surface area contributed by atoms with Gasteiger partial charge in [0.1, 0.15) is 5.78 Å². The Morgan fingerprint density at radius 1 is 1.00 bits per heavy atom. The number of hydrogen-bond acceptors (Lipinski definition) is 3. The molecule has 0 unspecified atom stereocenters. The zero-order valence-electron chi connectivity index (χ0n) is 11.2. The summed E-state index contributed by atoms with van der Waals surface area (Å²) in [6, 6.07) is 7.01. The van der Waals surface area contributed by atoms with E-state index >= 15 is 0 Å². The second kappa shape index (κ2) is 8.47. The lowest BCUT2D eigenvalue weighted by molar-refractivity contribution is -0.124. The van der Waals surface area contributed by atoms with Crippen molar-refractivity contribution in [2.45, 2.75) is 19.8 Å². The fraction of sp³-hybridized carbons (Fsp3) is 0.357. The summed E-state index contributed by atoms with van der Waals surface area (Å²) in [7, 11) is 0. The van der Waals surface area contributed by atoms with Gasteiger partial charge in [0, 0.05) is 36.0 Å². The third-order valence-electron chi connectivity index (χ3n) is 2.54. The molecule has 0 saturated heterocycles. The average molecular weight is 341 g/mol. The van der Waals surface area contributed by atoms with Crippen molar-refractivity contribution in [3.05, 3.63) is 34.3 Å². The molecule has 0 aromatic heterocycles. The first-order valence-corrected chi connectivity index (χ1v) is 7.08. The molecule has 0 fully saturated rings. The Morgan fingerprint density at radius 3 is 2.20 bits per heavy atom. The molecule has 108 valence electrons. The number of hydrogen-bond donors (Lipinski definition) is 2. The van der Waals surface area contributed by atoms with Gasteiger partial charge in [-0.25, -0.2) is 0 Å². The van der Waals surface area contributed by atoms with Gasteiger partial charge in [-0.3, -0.25) is 9.59 Å². The largest absolute Gasteiger partial charge is 0.354 e. The molecule has 1 aromatic rings. The Hall–Kier alpha value is -1.69. The van der Waals surface area contributed by atoms with Crippen molar-refractivity contribution in [1.82, 2.24) is 10.6 Å². The molecule has 0 saturated carbocycles. The van der Waals surface area contributed by atoms with Gasteiger partial charge in [0.2, 0.25) is 5.91 Å². The van der Waals surface area contributed by atoms with Crippen molar-refractivity contribution >= 4 is 33.5 Å². The number of ketones is 1. The maximum absolute atomic E-state index is 11.7. The number of benzene rings is 1. The van der Waals surface area contributed by atoms with Gasteiger partial charge in [-0.1, -0.05) is 15.9 Å². The number of halogens is 1. The van der Waals surface area contributed by atoms with E-state index in [4.69, 9.17) is 0 Å². The van der Waals surface area contributed by atoms with Crippen LogP contribution in [0.2, 0.25) is 0 Å². The Balaban J connectivity index is 2.20. The third-order valence-corrected chi connectivity index (χ3v) is 3.07. The molecule has 0 atom stereocenters. The quantitative estimate of drug-likeness (QED) is 0.741. The number of carbonyl (C=O) groups excluding carboxylic acids is 3. The van der Waals surface area contributed by atoms with Crippen LogP contribution in [0, 0.1) is 0 Å². The van der Waals surface area contributed by atoms with E-state index in [0.717, 1.165) is 4.47 Å².